The topological polar surface area (TPSA) is 0 Å². The molecule has 66 valence electrons. The minimum absolute atomic E-state index is 0.0167. The molecule has 0 fully saturated rings. The van der Waals surface area contributed by atoms with Gasteiger partial charge in [-0.3, -0.25) is 0 Å². The van der Waals surface area contributed by atoms with Gasteiger partial charge in [0.05, 0.1) is 0 Å². The highest BCUT2D eigenvalue weighted by Gasteiger charge is 2.20. The van der Waals surface area contributed by atoms with Gasteiger partial charge in [0, 0.05) is 0 Å². The second-order valence-electron chi connectivity index (χ2n) is 4.07. The summed E-state index contributed by atoms with van der Waals surface area (Å²) in [4.78, 5) is 0. The SMILES string of the molecule is C[P@@](c1ccccc1)C(C)(C)C. The van der Waals surface area contributed by atoms with Gasteiger partial charge in [0.15, 0.2) is 0 Å². The lowest BCUT2D eigenvalue weighted by Gasteiger charge is -2.28. The standard InChI is InChI=1S/C11H17P/c1-11(2,3)12(4)10-8-6-5-7-9-10/h5-9H,1-4H3/t12-/m0/s1. The molecule has 1 heteroatoms. The molecule has 0 bridgehead atoms. The fourth-order valence-electron chi connectivity index (χ4n) is 1.04. The molecule has 1 aromatic carbocycles. The van der Waals surface area contributed by atoms with Crippen LogP contribution >= 0.6 is 7.92 Å². The van der Waals surface area contributed by atoms with Gasteiger partial charge in [0.2, 0.25) is 0 Å². The van der Waals surface area contributed by atoms with E-state index in [-0.39, 0.29) is 7.92 Å². The third-order valence-corrected chi connectivity index (χ3v) is 5.23. The van der Waals surface area contributed by atoms with Gasteiger partial charge >= 0.3 is 0 Å². The molecule has 12 heavy (non-hydrogen) atoms. The summed E-state index contributed by atoms with van der Waals surface area (Å²) in [5.74, 6) is 0. The Morgan fingerprint density at radius 3 is 1.92 bits per heavy atom. The van der Waals surface area contributed by atoms with Crippen molar-refractivity contribution in [2.75, 3.05) is 6.66 Å². The minimum Gasteiger partial charge on any atom is -0.0730 e. The average molecular weight is 180 g/mol. The van der Waals surface area contributed by atoms with Crippen molar-refractivity contribution in [1.29, 1.82) is 0 Å². The lowest BCUT2D eigenvalue weighted by Crippen LogP contribution is -2.17. The fourth-order valence-corrected chi connectivity index (χ4v) is 2.43. The second-order valence-corrected chi connectivity index (χ2v) is 7.04. The minimum atomic E-state index is -0.0167. The van der Waals surface area contributed by atoms with Gasteiger partial charge in [-0.1, -0.05) is 59.0 Å². The van der Waals surface area contributed by atoms with E-state index in [1.54, 1.807) is 0 Å². The van der Waals surface area contributed by atoms with Crippen molar-refractivity contribution in [3.8, 4) is 0 Å². The molecule has 0 aliphatic carbocycles. The lowest BCUT2D eigenvalue weighted by molar-refractivity contribution is 0.791. The van der Waals surface area contributed by atoms with Crippen LogP contribution in [0.3, 0.4) is 0 Å². The maximum atomic E-state index is 2.35. The van der Waals surface area contributed by atoms with E-state index < -0.39 is 0 Å². The highest BCUT2D eigenvalue weighted by atomic mass is 31.1. The van der Waals surface area contributed by atoms with Crippen molar-refractivity contribution in [2.45, 2.75) is 25.9 Å². The van der Waals surface area contributed by atoms with Crippen LogP contribution in [0.2, 0.25) is 0 Å². The van der Waals surface area contributed by atoms with E-state index in [1.165, 1.54) is 5.30 Å². The van der Waals surface area contributed by atoms with Gasteiger partial charge in [-0.15, -0.1) is 0 Å². The zero-order valence-corrected chi connectivity index (χ0v) is 9.23. The summed E-state index contributed by atoms with van der Waals surface area (Å²) in [7, 11) is -0.0167. The average Bonchev–Trinajstić information content (AvgIpc) is 2.03. The van der Waals surface area contributed by atoms with E-state index in [0.717, 1.165) is 0 Å². The van der Waals surface area contributed by atoms with Crippen molar-refractivity contribution in [3.63, 3.8) is 0 Å². The van der Waals surface area contributed by atoms with E-state index in [2.05, 4.69) is 57.8 Å². The first-order valence-electron chi connectivity index (χ1n) is 4.31. The monoisotopic (exact) mass is 180 g/mol. The number of rotatable bonds is 1. The normalized spacial score (nSPS) is 14.3. The molecular formula is C11H17P. The van der Waals surface area contributed by atoms with Crippen LogP contribution < -0.4 is 5.30 Å². The van der Waals surface area contributed by atoms with Crippen molar-refractivity contribution >= 4 is 13.2 Å². The van der Waals surface area contributed by atoms with Crippen LogP contribution in [0, 0.1) is 0 Å². The first-order chi connectivity index (χ1) is 5.52. The quantitative estimate of drug-likeness (QED) is 0.582. The van der Waals surface area contributed by atoms with E-state index in [9.17, 15) is 0 Å². The first kappa shape index (κ1) is 9.74. The van der Waals surface area contributed by atoms with E-state index >= 15 is 0 Å². The zero-order valence-electron chi connectivity index (χ0n) is 8.33. The van der Waals surface area contributed by atoms with Crippen LogP contribution in [0.15, 0.2) is 30.3 Å². The summed E-state index contributed by atoms with van der Waals surface area (Å²) in [6.07, 6.45) is 0. The summed E-state index contributed by atoms with van der Waals surface area (Å²) in [6.45, 7) is 9.29. The number of benzene rings is 1. The molecule has 0 amide bonds. The van der Waals surface area contributed by atoms with Crippen LogP contribution in [0.4, 0.5) is 0 Å². The van der Waals surface area contributed by atoms with Crippen LogP contribution in [0.5, 0.6) is 0 Å². The Morgan fingerprint density at radius 2 is 1.50 bits per heavy atom. The molecular weight excluding hydrogens is 163 g/mol. The van der Waals surface area contributed by atoms with Gasteiger partial charge < -0.3 is 0 Å². The Morgan fingerprint density at radius 1 is 1.00 bits per heavy atom. The summed E-state index contributed by atoms with van der Waals surface area (Å²) in [5.41, 5.74) is 0. The zero-order chi connectivity index (χ0) is 9.19. The van der Waals surface area contributed by atoms with E-state index in [4.69, 9.17) is 0 Å². The summed E-state index contributed by atoms with van der Waals surface area (Å²) in [5, 5.41) is 1.93. The van der Waals surface area contributed by atoms with Gasteiger partial charge in [-0.25, -0.2) is 0 Å². The molecule has 0 saturated heterocycles. The van der Waals surface area contributed by atoms with Crippen molar-refractivity contribution in [3.05, 3.63) is 30.3 Å². The molecule has 0 saturated carbocycles. The van der Waals surface area contributed by atoms with Crippen LogP contribution in [0.1, 0.15) is 20.8 Å². The second kappa shape index (κ2) is 3.58. The van der Waals surface area contributed by atoms with Gasteiger partial charge in [0.1, 0.15) is 0 Å². The molecule has 0 unspecified atom stereocenters. The van der Waals surface area contributed by atoms with Crippen LogP contribution in [-0.2, 0) is 0 Å². The van der Waals surface area contributed by atoms with Crippen LogP contribution in [-0.4, -0.2) is 11.8 Å². The Hall–Kier alpha value is -0.350. The van der Waals surface area contributed by atoms with Crippen molar-refractivity contribution < 1.29 is 0 Å². The molecule has 1 aromatic rings. The van der Waals surface area contributed by atoms with Gasteiger partial charge in [-0.2, -0.15) is 0 Å². The Bertz CT molecular complexity index is 233. The maximum Gasteiger partial charge on any atom is -0.0142 e. The Labute approximate surface area is 76.8 Å². The predicted molar refractivity (Wildman–Crippen MR) is 58.7 cm³/mol. The maximum absolute atomic E-state index is 2.35. The molecule has 0 radical (unpaired) electrons. The lowest BCUT2D eigenvalue weighted by atomic mass is 10.3. The summed E-state index contributed by atoms with van der Waals surface area (Å²) >= 11 is 0. The smallest absolute Gasteiger partial charge is 0.0142 e. The molecule has 1 atom stereocenters. The fraction of sp³-hybridized carbons (Fsp3) is 0.455. The van der Waals surface area contributed by atoms with E-state index in [0.29, 0.717) is 5.16 Å². The molecule has 0 aliphatic heterocycles. The molecule has 1 rings (SSSR count). The predicted octanol–water partition coefficient (Wildman–Crippen LogP) is 3.22. The van der Waals surface area contributed by atoms with Crippen molar-refractivity contribution in [1.82, 2.24) is 0 Å². The number of hydrogen-bond acceptors (Lipinski definition) is 0. The van der Waals surface area contributed by atoms with Gasteiger partial charge in [0.25, 0.3) is 0 Å². The molecule has 0 heterocycles. The van der Waals surface area contributed by atoms with Crippen molar-refractivity contribution in [2.24, 2.45) is 0 Å². The molecule has 0 spiro atoms. The first-order valence-corrected chi connectivity index (χ1v) is 6.09. The molecule has 0 aliphatic rings. The Kier molecular flexibility index (Phi) is 2.90. The largest absolute Gasteiger partial charge is 0.0730 e. The summed E-state index contributed by atoms with van der Waals surface area (Å²) in [6, 6.07) is 10.8. The molecule has 0 N–H and O–H groups in total. The summed E-state index contributed by atoms with van der Waals surface area (Å²) < 4.78 is 0. The Balaban J connectivity index is 2.86. The van der Waals surface area contributed by atoms with Crippen LogP contribution in [0.25, 0.3) is 0 Å². The highest BCUT2D eigenvalue weighted by molar-refractivity contribution is 7.66. The molecule has 0 aromatic heterocycles. The third kappa shape index (κ3) is 2.32. The molecule has 0 nitrogen and oxygen atoms in total. The third-order valence-electron chi connectivity index (χ3n) is 2.15. The van der Waals surface area contributed by atoms with E-state index in [1.807, 2.05) is 0 Å². The number of hydrogen-bond donors (Lipinski definition) is 0. The highest BCUT2D eigenvalue weighted by Crippen LogP contribution is 2.44. The van der Waals surface area contributed by atoms with Gasteiger partial charge in [-0.05, 0) is 17.1 Å².